The Morgan fingerprint density at radius 1 is 1.21 bits per heavy atom. The number of rotatable bonds is 8. The molecule has 9 nitrogen and oxygen atoms in total. The van der Waals surface area contributed by atoms with Crippen molar-refractivity contribution in [2.75, 3.05) is 5.73 Å². The Hall–Kier alpha value is -1.73. The van der Waals surface area contributed by atoms with Gasteiger partial charge in [-0.25, -0.2) is 28.2 Å². The van der Waals surface area contributed by atoms with E-state index in [1.807, 2.05) is 18.4 Å². The molecule has 0 amide bonds. The van der Waals surface area contributed by atoms with Gasteiger partial charge in [0.25, 0.3) is 5.01 Å². The number of aryl methyl sites for hydroxylation is 1. The summed E-state index contributed by atoms with van der Waals surface area (Å²) in [5.41, 5.74) is 7.32. The number of hydrogen-bond donors (Lipinski definition) is 2. The molecule has 1 unspecified atom stereocenters. The predicted molar refractivity (Wildman–Crippen MR) is 103 cm³/mol. The molecule has 0 bridgehead atoms. The third kappa shape index (κ3) is 5.00. The highest BCUT2D eigenvalue weighted by molar-refractivity contribution is 7.51. The summed E-state index contributed by atoms with van der Waals surface area (Å²) in [4.78, 5) is 8.89. The second kappa shape index (κ2) is 9.18. The quantitative estimate of drug-likeness (QED) is 0.466. The monoisotopic (exact) mass is 445 g/mol. The summed E-state index contributed by atoms with van der Waals surface area (Å²) in [6, 6.07) is 0. The van der Waals surface area contributed by atoms with Gasteiger partial charge in [-0.3, -0.25) is 0 Å². The Balaban J connectivity index is 2.54. The standard InChI is InChI=1S/C16H23N4O5P2S/c1-8(2)14(21)16-20(7-11-6-18-10(4)19-15(11)17)9(3)12(28-16)5-13(26(22)23)27(24)25/h6,8,13-14,21H,5,7H2,1-4H3,(H2,17,18,19)/q+1. The number of nitrogens with zero attached hydrogens (tertiary/aromatic N) is 3. The van der Waals surface area contributed by atoms with Crippen LogP contribution in [0.15, 0.2) is 6.20 Å². The molecule has 0 aliphatic carbocycles. The summed E-state index contributed by atoms with van der Waals surface area (Å²) in [6.07, 6.45) is 0.655. The maximum Gasteiger partial charge on any atom is 0.333 e. The first-order valence-electron chi connectivity index (χ1n) is 8.58. The van der Waals surface area contributed by atoms with Gasteiger partial charge in [0.05, 0.1) is 10.4 Å². The van der Waals surface area contributed by atoms with Crippen LogP contribution in [0, 0.1) is 19.8 Å². The van der Waals surface area contributed by atoms with Crippen molar-refractivity contribution >= 4 is 32.5 Å². The summed E-state index contributed by atoms with van der Waals surface area (Å²) in [5, 5.41) is 9.77. The van der Waals surface area contributed by atoms with E-state index in [0.29, 0.717) is 32.8 Å². The van der Waals surface area contributed by atoms with Crippen molar-refractivity contribution < 1.29 is 27.9 Å². The van der Waals surface area contributed by atoms with Gasteiger partial charge in [-0.05, 0) is 12.8 Å². The lowest BCUT2D eigenvalue weighted by atomic mass is 10.1. The van der Waals surface area contributed by atoms with Crippen LogP contribution in [0.1, 0.15) is 46.9 Å². The smallest absolute Gasteiger partial charge is 0.333 e. The van der Waals surface area contributed by atoms with Crippen molar-refractivity contribution in [1.29, 1.82) is 0 Å². The number of nitrogen functional groups attached to an aromatic ring is 1. The summed E-state index contributed by atoms with van der Waals surface area (Å²) in [5.74, 6) is 0.768. The average Bonchev–Trinajstić information content (AvgIpc) is 2.89. The van der Waals surface area contributed by atoms with E-state index in [1.165, 1.54) is 11.3 Å². The second-order valence-electron chi connectivity index (χ2n) is 6.81. The van der Waals surface area contributed by atoms with Crippen LogP contribution in [0.2, 0.25) is 0 Å². The first kappa shape index (κ1) is 22.6. The Kier molecular flexibility index (Phi) is 7.39. The predicted octanol–water partition coefficient (Wildman–Crippen LogP) is 2.98. The molecule has 12 heteroatoms. The van der Waals surface area contributed by atoms with E-state index >= 15 is 0 Å². The topological polar surface area (TPSA) is 144 Å². The normalized spacial score (nSPS) is 12.5. The van der Waals surface area contributed by atoms with E-state index in [1.54, 1.807) is 20.0 Å². The molecule has 0 saturated heterocycles. The molecule has 1 atom stereocenters. The molecule has 2 rings (SSSR count). The van der Waals surface area contributed by atoms with Crippen LogP contribution in [0.4, 0.5) is 5.82 Å². The molecule has 28 heavy (non-hydrogen) atoms. The average molecular weight is 445 g/mol. The number of nitrogens with two attached hydrogens (primary N) is 1. The van der Waals surface area contributed by atoms with E-state index in [0.717, 1.165) is 0 Å². The lowest BCUT2D eigenvalue weighted by molar-refractivity contribution is -0.700. The molecule has 0 saturated carbocycles. The van der Waals surface area contributed by atoms with Crippen LogP contribution in [0.3, 0.4) is 0 Å². The molecule has 3 N–H and O–H groups in total. The van der Waals surface area contributed by atoms with E-state index in [2.05, 4.69) is 9.97 Å². The van der Waals surface area contributed by atoms with E-state index in [9.17, 15) is 23.4 Å². The van der Waals surface area contributed by atoms with Crippen molar-refractivity contribution in [3.63, 3.8) is 0 Å². The fraction of sp³-hybridized carbons (Fsp3) is 0.562. The van der Waals surface area contributed by atoms with Gasteiger partial charge in [-0.1, -0.05) is 25.2 Å². The van der Waals surface area contributed by atoms with E-state index in [-0.39, 0.29) is 18.9 Å². The van der Waals surface area contributed by atoms with Crippen LogP contribution in [0.25, 0.3) is 0 Å². The maximum atomic E-state index is 11.3. The Morgan fingerprint density at radius 2 is 1.82 bits per heavy atom. The van der Waals surface area contributed by atoms with Crippen LogP contribution < -0.4 is 10.3 Å². The third-order valence-corrected chi connectivity index (χ3v) is 8.24. The molecule has 0 aliphatic rings. The van der Waals surface area contributed by atoms with Crippen molar-refractivity contribution in [3.8, 4) is 0 Å². The highest BCUT2D eigenvalue weighted by Gasteiger charge is 2.34. The molecule has 0 fully saturated rings. The molecule has 152 valence electrons. The minimum absolute atomic E-state index is 0.0909. The molecule has 2 aromatic rings. The van der Waals surface area contributed by atoms with E-state index in [4.69, 9.17) is 5.73 Å². The minimum Gasteiger partial charge on any atom is -0.383 e. The van der Waals surface area contributed by atoms with Crippen molar-refractivity contribution in [2.45, 2.75) is 52.2 Å². The fourth-order valence-electron chi connectivity index (χ4n) is 2.66. The van der Waals surface area contributed by atoms with Gasteiger partial charge in [-0.15, -0.1) is 0 Å². The fourth-order valence-corrected chi connectivity index (χ4v) is 5.65. The number of aliphatic hydroxyl groups excluding tert-OH is 1. The third-order valence-electron chi connectivity index (χ3n) is 4.39. The first-order valence-corrected chi connectivity index (χ1v) is 11.9. The molecular formula is C16H23N4O5P2S+. The van der Waals surface area contributed by atoms with Gasteiger partial charge >= 0.3 is 15.4 Å². The lowest BCUT2D eigenvalue weighted by Crippen LogP contribution is -2.41. The number of aliphatic hydroxyl groups is 1. The highest BCUT2D eigenvalue weighted by atomic mass is 32.1. The SMILES string of the molecule is Cc1ncc(C[n+]2c(C(O)C(C)C)sc(CC(P(=O)=O)P(=O)=O)c2C)c(N)n1. The van der Waals surface area contributed by atoms with Crippen LogP contribution in [-0.2, 0) is 31.2 Å². The highest BCUT2D eigenvalue weighted by Crippen LogP contribution is 2.36. The Labute approximate surface area is 167 Å². The molecule has 0 aliphatic heterocycles. The van der Waals surface area contributed by atoms with E-state index < -0.39 is 26.9 Å². The van der Waals surface area contributed by atoms with Crippen LogP contribution in [-0.4, -0.2) is 20.5 Å². The van der Waals surface area contributed by atoms with Gasteiger partial charge < -0.3 is 10.8 Å². The number of anilines is 1. The molecule has 2 aromatic heterocycles. The zero-order valence-corrected chi connectivity index (χ0v) is 18.6. The minimum atomic E-state index is -3.13. The zero-order valence-electron chi connectivity index (χ0n) is 16.0. The zero-order chi connectivity index (χ0) is 21.2. The molecule has 2 heterocycles. The van der Waals surface area contributed by atoms with Crippen molar-refractivity contribution in [1.82, 2.24) is 9.97 Å². The van der Waals surface area contributed by atoms with Gasteiger partial charge in [0, 0.05) is 19.5 Å². The van der Waals surface area contributed by atoms with Crippen molar-refractivity contribution in [2.24, 2.45) is 5.92 Å². The summed E-state index contributed by atoms with van der Waals surface area (Å²) in [7, 11) is -6.25. The van der Waals surface area contributed by atoms with Crippen molar-refractivity contribution in [3.05, 3.63) is 33.2 Å². The number of aromatic nitrogens is 3. The molecule has 0 spiro atoms. The number of thiazole rings is 1. The lowest BCUT2D eigenvalue weighted by Gasteiger charge is -2.11. The van der Waals surface area contributed by atoms with Crippen LogP contribution in [0.5, 0.6) is 0 Å². The van der Waals surface area contributed by atoms with Gasteiger partial charge in [0.15, 0.2) is 23.7 Å². The van der Waals surface area contributed by atoms with Gasteiger partial charge in [0.1, 0.15) is 11.6 Å². The number of hydrogen-bond acceptors (Lipinski definition) is 9. The maximum absolute atomic E-state index is 11.3. The Morgan fingerprint density at radius 3 is 2.32 bits per heavy atom. The largest absolute Gasteiger partial charge is 0.383 e. The molecule has 0 aromatic carbocycles. The van der Waals surface area contributed by atoms with Crippen LogP contribution >= 0.6 is 26.7 Å². The molecule has 0 radical (unpaired) electrons. The summed E-state index contributed by atoms with van der Waals surface area (Å²) in [6.45, 7) is 7.49. The van der Waals surface area contributed by atoms with Gasteiger partial charge in [0.2, 0.25) is 0 Å². The summed E-state index contributed by atoms with van der Waals surface area (Å²) >= 11 is 1.21. The van der Waals surface area contributed by atoms with Gasteiger partial charge in [-0.2, -0.15) is 4.57 Å². The second-order valence-corrected chi connectivity index (χ2v) is 10.7. The first-order chi connectivity index (χ1) is 13.0. The summed E-state index contributed by atoms with van der Waals surface area (Å²) < 4.78 is 47.1. The molecular weight excluding hydrogens is 422 g/mol. The Bertz CT molecular complexity index is 979.